The van der Waals surface area contributed by atoms with Crippen molar-refractivity contribution in [2.24, 2.45) is 5.41 Å². The SMILES string of the molecule is CNCCCNC(=O)[C@H](CC(C)=O)N(C)C(=O)CCCCCSC1CC(=O)N(CCC(=O)NCCCNC(=O)C2OC(OC3C(O)C(CO)OC(OC4C(C=O)OC(OC5C(O)C(CO)OC(OC6C(C(=O)NCCCNC(=O)CCN7C(=O)C=CC7=O)OC(OC7C(O)C(CO)OC(C(C)(C)C)C7NC(C)=O)C(O)C6O)C5NC(C)=O)C(O)C4O)C3NC(C)=O)C(O)C(O)C2OC(C)(C)C)C1=O. The number of aliphatic hydroxyl groups excluding tert-OH is 12. The number of rotatable bonds is 49. The number of amides is 13. The quantitative estimate of drug-likeness (QED) is 0.0153. The Labute approximate surface area is 800 Å². The number of nitrogens with one attached hydrogen (secondary N) is 9. The van der Waals surface area contributed by atoms with Gasteiger partial charge in [-0.1, -0.05) is 27.2 Å². The second-order valence-corrected chi connectivity index (χ2v) is 38.2. The number of thioether (sulfide) groups is 1. The van der Waals surface area contributed by atoms with E-state index >= 15 is 0 Å². The van der Waals surface area contributed by atoms with E-state index in [1.54, 1.807) is 48.6 Å². The van der Waals surface area contributed by atoms with Gasteiger partial charge in [0.25, 0.3) is 23.6 Å². The molecule has 0 spiro atoms. The highest BCUT2D eigenvalue weighted by atomic mass is 32.2. The molecule has 0 aromatic carbocycles. The minimum Gasteiger partial charge on any atom is -0.394 e. The van der Waals surface area contributed by atoms with Crippen LogP contribution in [0.5, 0.6) is 0 Å². The van der Waals surface area contributed by atoms with Crippen molar-refractivity contribution >= 4 is 101 Å². The lowest BCUT2D eigenvalue weighted by molar-refractivity contribution is -0.375. The maximum Gasteiger partial charge on any atom is 0.253 e. The molecule has 0 bridgehead atoms. The first-order valence-corrected chi connectivity index (χ1v) is 47.0. The van der Waals surface area contributed by atoms with Crippen LogP contribution in [0, 0.1) is 5.41 Å². The molecule has 13 amide bonds. The molecule has 8 rings (SSSR count). The lowest BCUT2D eigenvalue weighted by Gasteiger charge is -2.51. The Balaban J connectivity index is 0.911. The summed E-state index contributed by atoms with van der Waals surface area (Å²) in [6.07, 6.45) is -51.5. The molecular weight excluding hydrogens is 1860 g/mol. The maximum atomic E-state index is 14.7. The maximum absolute atomic E-state index is 14.7. The molecule has 32 atom stereocenters. The second kappa shape index (κ2) is 53.3. The lowest BCUT2D eigenvalue weighted by Crippen LogP contribution is -2.71. The first-order valence-electron chi connectivity index (χ1n) is 46.0. The van der Waals surface area contributed by atoms with Gasteiger partial charge in [-0.3, -0.25) is 76.9 Å². The number of nitrogens with zero attached hydrogens (tertiary/aromatic N) is 3. The number of aliphatic hydroxyl groups is 12. The average molecular weight is 2000 g/mol. The van der Waals surface area contributed by atoms with Crippen molar-refractivity contribution < 1.29 is 190 Å². The Hall–Kier alpha value is -8.06. The number of hydrogen-bond acceptors (Lipinski definition) is 41. The number of aldehydes is 1. The Bertz CT molecular complexity index is 4140. The van der Waals surface area contributed by atoms with Crippen LogP contribution < -0.4 is 47.9 Å². The topological polar surface area (TPSA) is 728 Å². The van der Waals surface area contributed by atoms with Gasteiger partial charge in [-0.05, 0) is 84.6 Å². The summed E-state index contributed by atoms with van der Waals surface area (Å²) in [4.78, 5) is 199. The summed E-state index contributed by atoms with van der Waals surface area (Å²) in [7, 11) is 3.26. The summed E-state index contributed by atoms with van der Waals surface area (Å²) in [5.41, 5.74) is -2.05. The third kappa shape index (κ3) is 31.2. The molecule has 0 saturated carbocycles. The molecule has 0 radical (unpaired) electrons. The second-order valence-electron chi connectivity index (χ2n) is 36.9. The Kier molecular flexibility index (Phi) is 44.5. The van der Waals surface area contributed by atoms with Gasteiger partial charge < -0.3 is 176 Å². The lowest BCUT2D eigenvalue weighted by atomic mass is 9.78. The number of likely N-dealkylation sites (N-methyl/N-ethyl adjacent to an activating group) is 1. The zero-order chi connectivity index (χ0) is 102. The molecule has 21 N–H and O–H groups in total. The number of unbranched alkanes of at least 4 members (excludes halogenated alkanes) is 2. The van der Waals surface area contributed by atoms with E-state index in [2.05, 4.69) is 47.9 Å². The fourth-order valence-corrected chi connectivity index (χ4v) is 18.0. The third-order valence-electron chi connectivity index (χ3n) is 23.9. The fourth-order valence-electron chi connectivity index (χ4n) is 16.8. The highest BCUT2D eigenvalue weighted by Gasteiger charge is 2.61. The summed E-state index contributed by atoms with van der Waals surface area (Å²) < 4.78 is 73.2. The van der Waals surface area contributed by atoms with Crippen LogP contribution in [-0.4, -0.2) is 458 Å². The number of carbonyl (C=O) groups is 15. The minimum atomic E-state index is -2.46. The average Bonchev–Trinajstić information content (AvgIpc) is 0.871. The van der Waals surface area contributed by atoms with Crippen molar-refractivity contribution in [3.05, 3.63) is 12.2 Å². The van der Waals surface area contributed by atoms with Gasteiger partial charge in [0.05, 0.1) is 42.8 Å². The van der Waals surface area contributed by atoms with E-state index < -0.39 is 297 Å². The van der Waals surface area contributed by atoms with Crippen LogP contribution in [0.4, 0.5) is 0 Å². The Morgan fingerprint density at radius 1 is 0.486 bits per heavy atom. The Morgan fingerprint density at radius 2 is 0.906 bits per heavy atom. The molecule has 52 heteroatoms. The summed E-state index contributed by atoms with van der Waals surface area (Å²) >= 11 is 1.28. The molecule has 8 heterocycles. The van der Waals surface area contributed by atoms with Gasteiger partial charge in [-0.15, -0.1) is 11.8 Å². The zero-order valence-electron chi connectivity index (χ0n) is 79.1. The summed E-state index contributed by atoms with van der Waals surface area (Å²) in [6.45, 7) is 11.0. The van der Waals surface area contributed by atoms with E-state index in [-0.39, 0.29) is 102 Å². The molecule has 7 saturated heterocycles. The molecule has 31 unspecified atom stereocenters. The third-order valence-corrected chi connectivity index (χ3v) is 25.2. The van der Waals surface area contributed by atoms with E-state index in [1.807, 2.05) is 0 Å². The molecule has 8 aliphatic heterocycles. The van der Waals surface area contributed by atoms with Gasteiger partial charge in [-0.25, -0.2) is 0 Å². The molecule has 51 nitrogen and oxygen atoms in total. The van der Waals surface area contributed by atoms with Crippen molar-refractivity contribution in [1.29, 1.82) is 0 Å². The molecular formula is C86H138N12O39S. The number of hydrogen-bond donors (Lipinski definition) is 21. The zero-order valence-corrected chi connectivity index (χ0v) is 79.9. The number of ketones is 1. The van der Waals surface area contributed by atoms with E-state index in [1.165, 1.54) is 30.6 Å². The predicted octanol–water partition coefficient (Wildman–Crippen LogP) is -10.6. The number of ether oxygens (including phenoxy) is 12. The summed E-state index contributed by atoms with van der Waals surface area (Å²) in [6, 6.07) is -6.15. The van der Waals surface area contributed by atoms with Crippen molar-refractivity contribution in [1.82, 2.24) is 62.6 Å². The summed E-state index contributed by atoms with van der Waals surface area (Å²) in [5, 5.41) is 163. The number of Topliss-reactive ketones (excluding diaryl/α,β-unsaturated/α-hetero) is 1. The van der Waals surface area contributed by atoms with Crippen molar-refractivity contribution in [3.8, 4) is 0 Å². The van der Waals surface area contributed by atoms with Crippen LogP contribution in [0.2, 0.25) is 0 Å². The van der Waals surface area contributed by atoms with E-state index in [0.717, 1.165) is 42.7 Å². The van der Waals surface area contributed by atoms with Crippen molar-refractivity contribution in [3.63, 3.8) is 0 Å². The molecule has 7 fully saturated rings. The highest BCUT2D eigenvalue weighted by molar-refractivity contribution is 8.00. The monoisotopic (exact) mass is 1990 g/mol. The van der Waals surface area contributed by atoms with Gasteiger partial charge in [-0.2, -0.15) is 0 Å². The van der Waals surface area contributed by atoms with E-state index in [4.69, 9.17) is 56.8 Å². The summed E-state index contributed by atoms with van der Waals surface area (Å²) in [5.74, 6) is -8.53. The first kappa shape index (κ1) is 115. The predicted molar refractivity (Wildman–Crippen MR) is 470 cm³/mol. The van der Waals surface area contributed by atoms with E-state index in [9.17, 15) is 133 Å². The number of imide groups is 2. The van der Waals surface area contributed by atoms with Crippen LogP contribution >= 0.6 is 11.8 Å². The van der Waals surface area contributed by atoms with Gasteiger partial charge >= 0.3 is 0 Å². The molecule has 782 valence electrons. The van der Waals surface area contributed by atoms with Crippen LogP contribution in [0.3, 0.4) is 0 Å². The molecule has 138 heavy (non-hydrogen) atoms. The molecule has 0 aromatic heterocycles. The van der Waals surface area contributed by atoms with Crippen molar-refractivity contribution in [2.45, 2.75) is 341 Å². The molecule has 0 aromatic rings. The molecule has 8 aliphatic rings. The Morgan fingerprint density at radius 3 is 1.37 bits per heavy atom. The van der Waals surface area contributed by atoms with Gasteiger partial charge in [0.15, 0.2) is 49.9 Å². The number of carbonyl (C=O) groups excluding carboxylic acids is 15. The standard InChI is InChI=1S/C86H138N12O39S/c1-39(103)33-43(76(122)90-27-16-24-87-11)96(12)51(109)19-14-13-15-32-138-48-34-54(112)98(79(48)125)31-23-50(108)89-26-18-29-92-78(124)74-72(137-86(8,9)10)63(118)66(121)84(136-74)133-70-56(94-41(3)105)80(127-45(36-100)60(70)115)130-67-47(38-102)129-82(64(119)61(67)116)132-69-57(95-42(4)106)81(128-46(37-101)59(69)114)134-71-62(117)65(120)83(131-68-55(93-40(2)104)75(85(5,6)7)126-44(35-99)58(68)113)135-73(71)77(123)91-28-17-25-88-49(107)22-30-97-52(110)20-21-53(97)111/h20-21,38,43-48,55-75,80-84,87,99-101,113-121H,13-19,22-37H2,1-12H3,(H,88,107)(H,89,108)(H,90,122)(H,91,123)(H,92,124)(H,93,104)(H,94,105)(H,95,106)/t43-,44?,45?,46?,47?,48?,55?,56?,57?,58?,59?,60?,61?,62?,63?,64?,65?,66?,67?,68?,69?,70?,71?,72?,73?,74?,75?,80?,81?,82?,83?,84?/m0/s1. The van der Waals surface area contributed by atoms with E-state index in [0.29, 0.717) is 44.5 Å². The molecule has 0 aliphatic carbocycles. The van der Waals surface area contributed by atoms with Crippen LogP contribution in [0.15, 0.2) is 12.2 Å². The van der Waals surface area contributed by atoms with Crippen LogP contribution in [0.25, 0.3) is 0 Å². The normalized spacial score (nSPS) is 33.7. The fraction of sp³-hybridized carbons (Fsp3) is 0.802. The number of likely N-dealkylation sites (tertiary alicyclic amines) is 1. The minimum absolute atomic E-state index is 0.0166. The highest BCUT2D eigenvalue weighted by Crippen LogP contribution is 2.41. The van der Waals surface area contributed by atoms with Crippen molar-refractivity contribution in [2.75, 3.05) is 92.0 Å². The van der Waals surface area contributed by atoms with Crippen LogP contribution in [-0.2, 0) is 129 Å². The van der Waals surface area contributed by atoms with Gasteiger partial charge in [0.2, 0.25) is 53.2 Å². The first-order chi connectivity index (χ1) is 65.1. The van der Waals surface area contributed by atoms with Gasteiger partial charge in [0.1, 0.15) is 140 Å². The largest absolute Gasteiger partial charge is 0.394 e. The smallest absolute Gasteiger partial charge is 0.253 e. The van der Waals surface area contributed by atoms with Gasteiger partial charge in [0, 0.05) is 118 Å². The van der Waals surface area contributed by atoms with Crippen LogP contribution in [0.1, 0.15) is 140 Å².